The number of anilines is 2. The summed E-state index contributed by atoms with van der Waals surface area (Å²) in [7, 11) is 3.45. The van der Waals surface area contributed by atoms with Gasteiger partial charge < -0.3 is 16.0 Å². The number of rotatable bonds is 5. The van der Waals surface area contributed by atoms with Gasteiger partial charge in [0.1, 0.15) is 24.0 Å². The lowest BCUT2D eigenvalue weighted by Gasteiger charge is -2.20. The molecule has 3 N–H and O–H groups in total. The number of amides is 1. The zero-order valence-corrected chi connectivity index (χ0v) is 11.4. The fourth-order valence-corrected chi connectivity index (χ4v) is 1.70. The van der Waals surface area contributed by atoms with E-state index in [0.717, 1.165) is 18.4 Å². The molecular formula is C12H21N5O. The maximum atomic E-state index is 11.8. The third kappa shape index (κ3) is 3.32. The highest BCUT2D eigenvalue weighted by atomic mass is 16.2. The molecule has 1 aromatic heterocycles. The largest absolute Gasteiger partial charge is 0.383 e. The molecule has 1 atom stereocenters. The van der Waals surface area contributed by atoms with Crippen LogP contribution in [0.3, 0.4) is 0 Å². The normalized spacial score (nSPS) is 12.0. The molecule has 0 spiro atoms. The Kier molecular flexibility index (Phi) is 4.88. The molecule has 1 aromatic rings. The van der Waals surface area contributed by atoms with E-state index in [2.05, 4.69) is 22.2 Å². The molecule has 0 fully saturated rings. The van der Waals surface area contributed by atoms with Crippen LogP contribution in [0.25, 0.3) is 0 Å². The standard InChI is InChI=1S/C12H21N5O/c1-5-6-9-10(13)14-7-15-11(9)16-8(2)12(18)17(3)4/h7-8H,5-6H2,1-4H3,(H3,13,14,15,16). The summed E-state index contributed by atoms with van der Waals surface area (Å²) in [5.74, 6) is 1.11. The van der Waals surface area contributed by atoms with Gasteiger partial charge in [0.25, 0.3) is 0 Å². The third-order valence-corrected chi connectivity index (χ3v) is 2.64. The number of nitrogen functional groups attached to an aromatic ring is 1. The van der Waals surface area contributed by atoms with Gasteiger partial charge in [-0.1, -0.05) is 13.3 Å². The quantitative estimate of drug-likeness (QED) is 0.812. The van der Waals surface area contributed by atoms with Gasteiger partial charge in [-0.15, -0.1) is 0 Å². The van der Waals surface area contributed by atoms with Crippen LogP contribution in [0.15, 0.2) is 6.33 Å². The van der Waals surface area contributed by atoms with Crippen LogP contribution in [-0.4, -0.2) is 40.9 Å². The summed E-state index contributed by atoms with van der Waals surface area (Å²) in [6.07, 6.45) is 3.14. The number of carbonyl (C=O) groups excluding carboxylic acids is 1. The Morgan fingerprint density at radius 3 is 2.72 bits per heavy atom. The zero-order chi connectivity index (χ0) is 13.7. The number of carbonyl (C=O) groups is 1. The van der Waals surface area contributed by atoms with Crippen LogP contribution in [0, 0.1) is 0 Å². The van der Waals surface area contributed by atoms with Crippen molar-refractivity contribution in [1.29, 1.82) is 0 Å². The lowest BCUT2D eigenvalue weighted by atomic mass is 10.1. The van der Waals surface area contributed by atoms with Crippen LogP contribution in [0.1, 0.15) is 25.8 Å². The number of nitrogens with two attached hydrogens (primary N) is 1. The van der Waals surface area contributed by atoms with E-state index in [-0.39, 0.29) is 11.9 Å². The molecule has 6 nitrogen and oxygen atoms in total. The Hall–Kier alpha value is -1.85. The molecule has 0 saturated carbocycles. The highest BCUT2D eigenvalue weighted by molar-refractivity contribution is 5.83. The Morgan fingerprint density at radius 2 is 2.17 bits per heavy atom. The van der Waals surface area contributed by atoms with E-state index < -0.39 is 0 Å². The topological polar surface area (TPSA) is 84.1 Å². The molecule has 0 bridgehead atoms. The number of hydrogen-bond acceptors (Lipinski definition) is 5. The average molecular weight is 251 g/mol. The fraction of sp³-hybridized carbons (Fsp3) is 0.583. The molecule has 0 aromatic carbocycles. The molecule has 1 heterocycles. The summed E-state index contributed by atoms with van der Waals surface area (Å²) in [4.78, 5) is 21.5. The molecule has 0 radical (unpaired) electrons. The molecule has 18 heavy (non-hydrogen) atoms. The first-order valence-electron chi connectivity index (χ1n) is 6.04. The van der Waals surface area contributed by atoms with Crippen molar-refractivity contribution < 1.29 is 4.79 Å². The summed E-state index contributed by atoms with van der Waals surface area (Å²) < 4.78 is 0. The molecule has 0 aliphatic carbocycles. The first kappa shape index (κ1) is 14.2. The Morgan fingerprint density at radius 1 is 1.50 bits per heavy atom. The van der Waals surface area contributed by atoms with Gasteiger partial charge >= 0.3 is 0 Å². The first-order chi connectivity index (χ1) is 8.47. The van der Waals surface area contributed by atoms with E-state index in [4.69, 9.17) is 5.73 Å². The number of nitrogens with zero attached hydrogens (tertiary/aromatic N) is 3. The van der Waals surface area contributed by atoms with Crippen molar-refractivity contribution in [2.45, 2.75) is 32.7 Å². The van der Waals surface area contributed by atoms with Crippen LogP contribution in [0.5, 0.6) is 0 Å². The van der Waals surface area contributed by atoms with Crippen LogP contribution in [0.2, 0.25) is 0 Å². The second kappa shape index (κ2) is 6.18. The molecule has 1 rings (SSSR count). The second-order valence-electron chi connectivity index (χ2n) is 4.43. The number of likely N-dealkylation sites (N-methyl/N-ethyl adjacent to an activating group) is 1. The molecule has 0 aliphatic heterocycles. The zero-order valence-electron chi connectivity index (χ0n) is 11.4. The van der Waals surface area contributed by atoms with Crippen molar-refractivity contribution in [3.05, 3.63) is 11.9 Å². The van der Waals surface area contributed by atoms with Gasteiger partial charge in [-0.05, 0) is 13.3 Å². The first-order valence-corrected chi connectivity index (χ1v) is 6.04. The van der Waals surface area contributed by atoms with Crippen LogP contribution in [-0.2, 0) is 11.2 Å². The predicted molar refractivity (Wildman–Crippen MR) is 72.2 cm³/mol. The van der Waals surface area contributed by atoms with Crippen molar-refractivity contribution in [2.75, 3.05) is 25.1 Å². The summed E-state index contributed by atoms with van der Waals surface area (Å²) in [6, 6.07) is -0.343. The van der Waals surface area contributed by atoms with E-state index in [0.29, 0.717) is 11.6 Å². The van der Waals surface area contributed by atoms with Gasteiger partial charge in [-0.2, -0.15) is 0 Å². The maximum absolute atomic E-state index is 11.8. The third-order valence-electron chi connectivity index (χ3n) is 2.64. The van der Waals surface area contributed by atoms with Crippen LogP contribution < -0.4 is 11.1 Å². The van der Waals surface area contributed by atoms with Crippen LogP contribution in [0.4, 0.5) is 11.6 Å². The minimum Gasteiger partial charge on any atom is -0.383 e. The van der Waals surface area contributed by atoms with Crippen molar-refractivity contribution in [3.63, 3.8) is 0 Å². The number of hydrogen-bond donors (Lipinski definition) is 2. The molecule has 0 saturated heterocycles. The smallest absolute Gasteiger partial charge is 0.244 e. The molecule has 1 unspecified atom stereocenters. The molecular weight excluding hydrogens is 230 g/mol. The molecule has 100 valence electrons. The van der Waals surface area contributed by atoms with Crippen molar-refractivity contribution in [1.82, 2.24) is 14.9 Å². The van der Waals surface area contributed by atoms with Crippen molar-refractivity contribution >= 4 is 17.5 Å². The van der Waals surface area contributed by atoms with E-state index in [1.54, 1.807) is 25.9 Å². The lowest BCUT2D eigenvalue weighted by Crippen LogP contribution is -2.37. The van der Waals surface area contributed by atoms with E-state index in [1.807, 2.05) is 0 Å². The average Bonchev–Trinajstić information content (AvgIpc) is 2.32. The second-order valence-corrected chi connectivity index (χ2v) is 4.43. The minimum atomic E-state index is -0.343. The van der Waals surface area contributed by atoms with Gasteiger partial charge in [-0.3, -0.25) is 4.79 Å². The molecule has 6 heteroatoms. The maximum Gasteiger partial charge on any atom is 0.244 e. The van der Waals surface area contributed by atoms with E-state index in [9.17, 15) is 4.79 Å². The van der Waals surface area contributed by atoms with Crippen molar-refractivity contribution in [2.24, 2.45) is 0 Å². The Bertz CT molecular complexity index is 419. The van der Waals surface area contributed by atoms with Gasteiger partial charge in [-0.25, -0.2) is 9.97 Å². The Labute approximate surface area is 108 Å². The van der Waals surface area contributed by atoms with E-state index >= 15 is 0 Å². The lowest BCUT2D eigenvalue weighted by molar-refractivity contribution is -0.129. The monoisotopic (exact) mass is 251 g/mol. The number of nitrogens with one attached hydrogen (secondary N) is 1. The summed E-state index contributed by atoms with van der Waals surface area (Å²) in [5, 5.41) is 3.09. The van der Waals surface area contributed by atoms with Crippen molar-refractivity contribution in [3.8, 4) is 0 Å². The highest BCUT2D eigenvalue weighted by Crippen LogP contribution is 2.19. The molecule has 1 amide bonds. The molecule has 0 aliphatic rings. The van der Waals surface area contributed by atoms with Crippen LogP contribution >= 0.6 is 0 Å². The SMILES string of the molecule is CCCc1c(N)ncnc1NC(C)C(=O)N(C)C. The fourth-order valence-electron chi connectivity index (χ4n) is 1.70. The summed E-state index contributed by atoms with van der Waals surface area (Å²) in [5.41, 5.74) is 6.71. The van der Waals surface area contributed by atoms with Gasteiger partial charge in [0.2, 0.25) is 5.91 Å². The van der Waals surface area contributed by atoms with E-state index in [1.165, 1.54) is 6.33 Å². The number of aromatic nitrogens is 2. The summed E-state index contributed by atoms with van der Waals surface area (Å²) in [6.45, 7) is 3.86. The van der Waals surface area contributed by atoms with Gasteiger partial charge in [0.05, 0.1) is 0 Å². The Balaban J connectivity index is 2.90. The summed E-state index contributed by atoms with van der Waals surface area (Å²) >= 11 is 0. The minimum absolute atomic E-state index is 0.00497. The van der Waals surface area contributed by atoms with Gasteiger partial charge in [0, 0.05) is 19.7 Å². The highest BCUT2D eigenvalue weighted by Gasteiger charge is 2.17. The predicted octanol–water partition coefficient (Wildman–Crippen LogP) is 0.900. The van der Waals surface area contributed by atoms with Gasteiger partial charge in [0.15, 0.2) is 0 Å².